The van der Waals surface area contributed by atoms with Gasteiger partial charge in [-0.25, -0.2) is 0 Å². The molecule has 0 atom stereocenters. The van der Waals surface area contributed by atoms with Crippen LogP contribution in [-0.2, 0) is 6.54 Å². The van der Waals surface area contributed by atoms with Crippen molar-refractivity contribution >= 4 is 12.4 Å². The molecule has 1 aromatic carbocycles. The molecule has 0 aliphatic heterocycles. The number of aliphatic hydroxyl groups is 1. The highest BCUT2D eigenvalue weighted by Crippen LogP contribution is 2.28. The molecule has 0 aromatic heterocycles. The number of nitrogens with one attached hydrogen (secondary N) is 1. The summed E-state index contributed by atoms with van der Waals surface area (Å²) in [5.74, 6) is 1.48. The van der Waals surface area contributed by atoms with Crippen LogP contribution in [0.4, 0.5) is 0 Å². The van der Waals surface area contributed by atoms with E-state index in [1.54, 1.807) is 13.2 Å². The predicted molar refractivity (Wildman–Crippen MR) is 88.6 cm³/mol. The summed E-state index contributed by atoms with van der Waals surface area (Å²) in [4.78, 5) is 0. The standard InChI is InChI=1S/C16H25NO3.ClH/c1-3-11-20-15-8-7-14(12-16(15)19-2)13-17-9-5-4-6-10-18;/h3,7-8,12,17-18H,1,4-6,9-11,13H2,2H3;1H. The second kappa shape index (κ2) is 12.5. The van der Waals surface area contributed by atoms with Crippen molar-refractivity contribution < 1.29 is 14.6 Å². The molecule has 0 saturated heterocycles. The number of aliphatic hydroxyl groups excluding tert-OH is 1. The van der Waals surface area contributed by atoms with Gasteiger partial charge in [0.05, 0.1) is 7.11 Å². The lowest BCUT2D eigenvalue weighted by molar-refractivity contribution is 0.283. The maximum absolute atomic E-state index is 8.69. The first-order valence-electron chi connectivity index (χ1n) is 7.04. The fourth-order valence-electron chi connectivity index (χ4n) is 1.86. The Labute approximate surface area is 133 Å². The van der Waals surface area contributed by atoms with Crippen molar-refractivity contribution in [1.29, 1.82) is 0 Å². The molecule has 0 bridgehead atoms. The molecule has 120 valence electrons. The van der Waals surface area contributed by atoms with Crippen molar-refractivity contribution in [3.8, 4) is 11.5 Å². The summed E-state index contributed by atoms with van der Waals surface area (Å²) in [5.41, 5.74) is 1.16. The van der Waals surface area contributed by atoms with E-state index in [9.17, 15) is 0 Å². The number of methoxy groups -OCH3 is 1. The quantitative estimate of drug-likeness (QED) is 0.487. The molecule has 0 heterocycles. The van der Waals surface area contributed by atoms with Crippen LogP contribution in [0.15, 0.2) is 30.9 Å². The van der Waals surface area contributed by atoms with Crippen LogP contribution < -0.4 is 14.8 Å². The third-order valence-corrected chi connectivity index (χ3v) is 2.93. The molecular formula is C16H26ClNO3. The molecule has 0 radical (unpaired) electrons. The molecule has 0 aliphatic carbocycles. The van der Waals surface area contributed by atoms with Crippen molar-refractivity contribution in [2.45, 2.75) is 25.8 Å². The highest BCUT2D eigenvalue weighted by Gasteiger charge is 2.05. The lowest BCUT2D eigenvalue weighted by Gasteiger charge is -2.11. The number of hydrogen-bond donors (Lipinski definition) is 2. The summed E-state index contributed by atoms with van der Waals surface area (Å²) < 4.78 is 10.8. The first kappa shape index (κ1) is 19.8. The number of ether oxygens (including phenoxy) is 2. The van der Waals surface area contributed by atoms with E-state index in [1.165, 1.54) is 0 Å². The van der Waals surface area contributed by atoms with Crippen molar-refractivity contribution in [3.05, 3.63) is 36.4 Å². The Hall–Kier alpha value is -1.23. The molecule has 21 heavy (non-hydrogen) atoms. The fourth-order valence-corrected chi connectivity index (χ4v) is 1.86. The third kappa shape index (κ3) is 7.95. The van der Waals surface area contributed by atoms with Crippen LogP contribution in [0, 0.1) is 0 Å². The van der Waals surface area contributed by atoms with Crippen LogP contribution in [0.1, 0.15) is 24.8 Å². The van der Waals surface area contributed by atoms with E-state index in [4.69, 9.17) is 14.6 Å². The normalized spacial score (nSPS) is 9.81. The van der Waals surface area contributed by atoms with Gasteiger partial charge in [-0.05, 0) is 43.5 Å². The minimum Gasteiger partial charge on any atom is -0.493 e. The minimum atomic E-state index is 0. The van der Waals surface area contributed by atoms with E-state index in [0.29, 0.717) is 6.61 Å². The topological polar surface area (TPSA) is 50.7 Å². The Morgan fingerprint density at radius 1 is 1.24 bits per heavy atom. The summed E-state index contributed by atoms with van der Waals surface area (Å²) >= 11 is 0. The first-order valence-corrected chi connectivity index (χ1v) is 7.04. The van der Waals surface area contributed by atoms with E-state index < -0.39 is 0 Å². The van der Waals surface area contributed by atoms with Crippen LogP contribution in [0.3, 0.4) is 0 Å². The van der Waals surface area contributed by atoms with Gasteiger partial charge in [-0.3, -0.25) is 0 Å². The van der Waals surface area contributed by atoms with Crippen LogP contribution in [0.25, 0.3) is 0 Å². The summed E-state index contributed by atoms with van der Waals surface area (Å²) in [6.45, 7) is 6.14. The number of unbranched alkanes of at least 4 members (excludes halogenated alkanes) is 2. The van der Waals surface area contributed by atoms with Crippen LogP contribution in [0.5, 0.6) is 11.5 Å². The van der Waals surface area contributed by atoms with E-state index >= 15 is 0 Å². The van der Waals surface area contributed by atoms with Gasteiger partial charge in [0, 0.05) is 13.2 Å². The summed E-state index contributed by atoms with van der Waals surface area (Å²) in [5, 5.41) is 12.1. The number of rotatable bonds is 11. The summed E-state index contributed by atoms with van der Waals surface area (Å²) in [7, 11) is 1.64. The molecule has 1 rings (SSSR count). The summed E-state index contributed by atoms with van der Waals surface area (Å²) in [6, 6.07) is 5.94. The molecule has 0 unspecified atom stereocenters. The van der Waals surface area contributed by atoms with Gasteiger partial charge in [-0.1, -0.05) is 18.7 Å². The SMILES string of the molecule is C=CCOc1ccc(CNCCCCCO)cc1OC.Cl. The molecule has 0 saturated carbocycles. The van der Waals surface area contributed by atoms with Gasteiger partial charge >= 0.3 is 0 Å². The Kier molecular flexibility index (Phi) is 11.8. The monoisotopic (exact) mass is 315 g/mol. The van der Waals surface area contributed by atoms with Crippen molar-refractivity contribution in [2.24, 2.45) is 0 Å². The summed E-state index contributed by atoms with van der Waals surface area (Å²) in [6.07, 6.45) is 4.73. The van der Waals surface area contributed by atoms with Gasteiger partial charge in [0.2, 0.25) is 0 Å². The second-order valence-corrected chi connectivity index (χ2v) is 4.55. The van der Waals surface area contributed by atoms with Gasteiger partial charge < -0.3 is 19.9 Å². The molecule has 0 amide bonds. The predicted octanol–water partition coefficient (Wildman–Crippen LogP) is 2.93. The zero-order valence-corrected chi connectivity index (χ0v) is 13.5. The largest absolute Gasteiger partial charge is 0.493 e. The Morgan fingerprint density at radius 2 is 2.05 bits per heavy atom. The van der Waals surface area contributed by atoms with Crippen LogP contribution in [0.2, 0.25) is 0 Å². The van der Waals surface area contributed by atoms with E-state index in [1.807, 2.05) is 18.2 Å². The highest BCUT2D eigenvalue weighted by atomic mass is 35.5. The van der Waals surface area contributed by atoms with Crippen molar-refractivity contribution in [2.75, 3.05) is 26.9 Å². The van der Waals surface area contributed by atoms with Gasteiger partial charge in [-0.15, -0.1) is 12.4 Å². The molecule has 1 aromatic rings. The van der Waals surface area contributed by atoms with Gasteiger partial charge in [0.15, 0.2) is 11.5 Å². The van der Waals surface area contributed by atoms with E-state index in [2.05, 4.69) is 11.9 Å². The lowest BCUT2D eigenvalue weighted by Crippen LogP contribution is -2.14. The van der Waals surface area contributed by atoms with Crippen molar-refractivity contribution in [3.63, 3.8) is 0 Å². The Morgan fingerprint density at radius 3 is 2.71 bits per heavy atom. The second-order valence-electron chi connectivity index (χ2n) is 4.55. The number of benzene rings is 1. The van der Waals surface area contributed by atoms with Crippen LogP contribution >= 0.6 is 12.4 Å². The molecular weight excluding hydrogens is 290 g/mol. The van der Waals surface area contributed by atoms with Crippen molar-refractivity contribution in [1.82, 2.24) is 5.32 Å². The average Bonchev–Trinajstić information content (AvgIpc) is 2.49. The van der Waals surface area contributed by atoms with Gasteiger partial charge in [0.25, 0.3) is 0 Å². The molecule has 0 aliphatic rings. The Balaban J connectivity index is 0.00000400. The zero-order chi connectivity index (χ0) is 14.6. The molecule has 4 nitrogen and oxygen atoms in total. The van der Waals surface area contributed by atoms with Crippen LogP contribution in [-0.4, -0.2) is 32.0 Å². The average molecular weight is 316 g/mol. The fraction of sp³-hybridized carbons (Fsp3) is 0.500. The first-order chi connectivity index (χ1) is 9.81. The third-order valence-electron chi connectivity index (χ3n) is 2.93. The minimum absolute atomic E-state index is 0. The molecule has 5 heteroatoms. The molecule has 0 spiro atoms. The highest BCUT2D eigenvalue weighted by molar-refractivity contribution is 5.85. The van der Waals surface area contributed by atoms with Gasteiger partial charge in [0.1, 0.15) is 6.61 Å². The number of hydrogen-bond acceptors (Lipinski definition) is 4. The Bertz CT molecular complexity index is 399. The van der Waals surface area contributed by atoms with E-state index in [0.717, 1.165) is 49.4 Å². The molecule has 0 fully saturated rings. The maximum Gasteiger partial charge on any atom is 0.161 e. The maximum atomic E-state index is 8.69. The smallest absolute Gasteiger partial charge is 0.161 e. The van der Waals surface area contributed by atoms with E-state index in [-0.39, 0.29) is 19.0 Å². The van der Waals surface area contributed by atoms with Gasteiger partial charge in [-0.2, -0.15) is 0 Å². The zero-order valence-electron chi connectivity index (χ0n) is 12.6. The number of halogens is 1. The lowest BCUT2D eigenvalue weighted by atomic mass is 10.2. The molecule has 2 N–H and O–H groups in total.